The van der Waals surface area contributed by atoms with Gasteiger partial charge in [-0.05, 0) is 91.2 Å². The van der Waals surface area contributed by atoms with Crippen LogP contribution in [0.3, 0.4) is 0 Å². The Morgan fingerprint density at radius 2 is 0.804 bits per heavy atom. The van der Waals surface area contributed by atoms with Crippen molar-refractivity contribution in [3.05, 3.63) is 169 Å². The molecule has 1 nitrogen and oxygen atoms in total. The second-order valence-corrected chi connectivity index (χ2v) is 12.1. The third-order valence-corrected chi connectivity index (χ3v) is 9.43. The van der Waals surface area contributed by atoms with E-state index < -0.39 is 0 Å². The highest BCUT2D eigenvalue weighted by Gasteiger charge is 2.20. The summed E-state index contributed by atoms with van der Waals surface area (Å²) in [7, 11) is 0. The molecule has 1 heterocycles. The number of para-hydroxylation sites is 1. The van der Waals surface area contributed by atoms with Gasteiger partial charge in [0.1, 0.15) is 11.2 Å². The van der Waals surface area contributed by atoms with Crippen LogP contribution in [0, 0.1) is 6.92 Å². The first kappa shape index (κ1) is 26.5. The van der Waals surface area contributed by atoms with Crippen molar-refractivity contribution in [2.24, 2.45) is 0 Å². The standard InChI is InChI=1S/C45H30O/c1-29-13-5-6-16-33(29)38-27-28-41-45(39-21-11-12-22-40(39)46-41)44(38)32-25-23-31(24-26-32)43-36-19-9-7-17-34(36)42(30-14-3-2-4-15-30)35-18-8-10-20-37(35)43/h2-28H,1H3. The van der Waals surface area contributed by atoms with Crippen molar-refractivity contribution >= 4 is 43.5 Å². The Balaban J connectivity index is 1.30. The van der Waals surface area contributed by atoms with Crippen LogP contribution < -0.4 is 0 Å². The van der Waals surface area contributed by atoms with Gasteiger partial charge < -0.3 is 4.42 Å². The van der Waals surface area contributed by atoms with Crippen LogP contribution in [0.15, 0.2) is 168 Å². The summed E-state index contributed by atoms with van der Waals surface area (Å²) < 4.78 is 6.37. The monoisotopic (exact) mass is 586 g/mol. The Labute approximate surface area is 268 Å². The Bertz CT molecular complexity index is 2510. The number of benzene rings is 8. The van der Waals surface area contributed by atoms with Gasteiger partial charge in [-0.25, -0.2) is 0 Å². The van der Waals surface area contributed by atoms with Crippen molar-refractivity contribution in [3.8, 4) is 44.5 Å². The van der Waals surface area contributed by atoms with E-state index in [-0.39, 0.29) is 0 Å². The van der Waals surface area contributed by atoms with Gasteiger partial charge in [0.15, 0.2) is 0 Å². The van der Waals surface area contributed by atoms with Gasteiger partial charge in [0.25, 0.3) is 0 Å². The Kier molecular flexibility index (Phi) is 6.11. The molecule has 9 rings (SSSR count). The van der Waals surface area contributed by atoms with Crippen LogP contribution in [-0.4, -0.2) is 0 Å². The SMILES string of the molecule is Cc1ccccc1-c1ccc2oc3ccccc3c2c1-c1ccc(-c2c3ccccc3c(-c3ccccc3)c3ccccc23)cc1. The van der Waals surface area contributed by atoms with E-state index in [0.717, 1.165) is 21.9 Å². The molecule has 0 saturated heterocycles. The molecule has 0 atom stereocenters. The minimum atomic E-state index is 0.908. The first-order chi connectivity index (χ1) is 22.8. The quantitative estimate of drug-likeness (QED) is 0.187. The second-order valence-electron chi connectivity index (χ2n) is 12.1. The summed E-state index contributed by atoms with van der Waals surface area (Å²) in [6, 6.07) is 59.0. The summed E-state index contributed by atoms with van der Waals surface area (Å²) in [6.45, 7) is 2.19. The van der Waals surface area contributed by atoms with E-state index in [1.54, 1.807) is 0 Å². The highest BCUT2D eigenvalue weighted by Crippen LogP contribution is 2.46. The average Bonchev–Trinajstić information content (AvgIpc) is 3.50. The number of aryl methyl sites for hydroxylation is 1. The molecule has 0 radical (unpaired) electrons. The third kappa shape index (κ3) is 4.09. The molecule has 0 bridgehead atoms. The van der Waals surface area contributed by atoms with Crippen LogP contribution in [0.2, 0.25) is 0 Å². The van der Waals surface area contributed by atoms with Gasteiger partial charge in [0.2, 0.25) is 0 Å². The van der Waals surface area contributed by atoms with E-state index in [4.69, 9.17) is 4.42 Å². The molecule has 0 spiro atoms. The minimum absolute atomic E-state index is 0.908. The molecule has 0 amide bonds. The zero-order valence-corrected chi connectivity index (χ0v) is 25.5. The molecule has 0 aliphatic carbocycles. The van der Waals surface area contributed by atoms with E-state index in [1.165, 1.54) is 71.6 Å². The van der Waals surface area contributed by atoms with Crippen LogP contribution in [0.25, 0.3) is 88.0 Å². The molecule has 0 aliphatic rings. The maximum absolute atomic E-state index is 6.37. The molecule has 1 aromatic heterocycles. The minimum Gasteiger partial charge on any atom is -0.456 e. The Hall–Kier alpha value is -5.92. The van der Waals surface area contributed by atoms with Gasteiger partial charge in [0, 0.05) is 16.3 Å². The molecular weight excluding hydrogens is 556 g/mol. The van der Waals surface area contributed by atoms with Crippen LogP contribution in [0.5, 0.6) is 0 Å². The van der Waals surface area contributed by atoms with Gasteiger partial charge >= 0.3 is 0 Å². The summed E-state index contributed by atoms with van der Waals surface area (Å²) in [4.78, 5) is 0. The lowest BCUT2D eigenvalue weighted by atomic mass is 9.85. The lowest BCUT2D eigenvalue weighted by Crippen LogP contribution is -1.92. The number of furan rings is 1. The van der Waals surface area contributed by atoms with E-state index in [2.05, 4.69) is 165 Å². The molecule has 1 heteroatoms. The molecule has 8 aromatic carbocycles. The fourth-order valence-corrected chi connectivity index (χ4v) is 7.37. The first-order valence-corrected chi connectivity index (χ1v) is 15.9. The van der Waals surface area contributed by atoms with Crippen molar-refractivity contribution in [2.75, 3.05) is 0 Å². The smallest absolute Gasteiger partial charge is 0.136 e. The van der Waals surface area contributed by atoms with Crippen molar-refractivity contribution in [1.82, 2.24) is 0 Å². The average molecular weight is 587 g/mol. The van der Waals surface area contributed by atoms with Crippen molar-refractivity contribution < 1.29 is 4.42 Å². The third-order valence-electron chi connectivity index (χ3n) is 9.43. The molecule has 0 N–H and O–H groups in total. The van der Waals surface area contributed by atoms with E-state index in [0.29, 0.717) is 0 Å². The number of rotatable bonds is 4. The molecule has 0 fully saturated rings. The van der Waals surface area contributed by atoms with Crippen molar-refractivity contribution in [2.45, 2.75) is 6.92 Å². The Morgan fingerprint density at radius 3 is 1.41 bits per heavy atom. The molecule has 216 valence electrons. The summed E-state index contributed by atoms with van der Waals surface area (Å²) in [6.07, 6.45) is 0. The van der Waals surface area contributed by atoms with Gasteiger partial charge in [-0.15, -0.1) is 0 Å². The summed E-state index contributed by atoms with van der Waals surface area (Å²) in [5.74, 6) is 0. The predicted molar refractivity (Wildman–Crippen MR) is 195 cm³/mol. The summed E-state index contributed by atoms with van der Waals surface area (Å²) >= 11 is 0. The molecule has 0 aliphatic heterocycles. The molecule has 0 unspecified atom stereocenters. The maximum atomic E-state index is 6.37. The van der Waals surface area contributed by atoms with Gasteiger partial charge in [-0.2, -0.15) is 0 Å². The normalized spacial score (nSPS) is 11.6. The molecule has 0 saturated carbocycles. The topological polar surface area (TPSA) is 13.1 Å². The van der Waals surface area contributed by atoms with Crippen LogP contribution >= 0.6 is 0 Å². The zero-order chi connectivity index (χ0) is 30.6. The predicted octanol–water partition coefficient (Wildman–Crippen LogP) is 12.9. The highest BCUT2D eigenvalue weighted by atomic mass is 16.3. The van der Waals surface area contributed by atoms with E-state index in [1.807, 2.05) is 6.07 Å². The fraction of sp³-hybridized carbons (Fsp3) is 0.0222. The Morgan fingerprint density at radius 1 is 0.326 bits per heavy atom. The maximum Gasteiger partial charge on any atom is 0.136 e. The second kappa shape index (κ2) is 10.6. The zero-order valence-electron chi connectivity index (χ0n) is 25.5. The summed E-state index contributed by atoms with van der Waals surface area (Å²) in [5.41, 5.74) is 12.9. The van der Waals surface area contributed by atoms with Crippen LogP contribution in [0.1, 0.15) is 5.56 Å². The molecular formula is C45H30O. The lowest BCUT2D eigenvalue weighted by molar-refractivity contribution is 0.669. The highest BCUT2D eigenvalue weighted by molar-refractivity contribution is 6.21. The van der Waals surface area contributed by atoms with Crippen molar-refractivity contribution in [1.29, 1.82) is 0 Å². The first-order valence-electron chi connectivity index (χ1n) is 15.9. The molecule has 9 aromatic rings. The van der Waals surface area contributed by atoms with Crippen LogP contribution in [-0.2, 0) is 0 Å². The van der Waals surface area contributed by atoms with Gasteiger partial charge in [0.05, 0.1) is 0 Å². The summed E-state index contributed by atoms with van der Waals surface area (Å²) in [5, 5.41) is 7.35. The largest absolute Gasteiger partial charge is 0.456 e. The van der Waals surface area contributed by atoms with Crippen LogP contribution in [0.4, 0.5) is 0 Å². The number of fused-ring (bicyclic) bond motifs is 5. The van der Waals surface area contributed by atoms with E-state index in [9.17, 15) is 0 Å². The lowest BCUT2D eigenvalue weighted by Gasteiger charge is -2.18. The number of hydrogen-bond acceptors (Lipinski definition) is 1. The van der Waals surface area contributed by atoms with E-state index >= 15 is 0 Å². The van der Waals surface area contributed by atoms with Gasteiger partial charge in [-0.1, -0.05) is 146 Å². The number of hydrogen-bond donors (Lipinski definition) is 0. The van der Waals surface area contributed by atoms with Crippen molar-refractivity contribution in [3.63, 3.8) is 0 Å². The molecule has 46 heavy (non-hydrogen) atoms. The van der Waals surface area contributed by atoms with Gasteiger partial charge in [-0.3, -0.25) is 0 Å². The fourth-order valence-electron chi connectivity index (χ4n) is 7.37.